The molecule has 12 heavy (non-hydrogen) atoms. The molecule has 0 fully saturated rings. The first-order valence-electron chi connectivity index (χ1n) is 3.26. The van der Waals surface area contributed by atoms with Crippen LogP contribution in [0.5, 0.6) is 0 Å². The van der Waals surface area contributed by atoms with E-state index >= 15 is 0 Å². The summed E-state index contributed by atoms with van der Waals surface area (Å²) in [7, 11) is 1.50. The Bertz CT molecular complexity index is 312. The van der Waals surface area contributed by atoms with Crippen LogP contribution in [0.15, 0.2) is 28.8 Å². The number of hydrogen-bond donors (Lipinski definition) is 0. The van der Waals surface area contributed by atoms with Gasteiger partial charge < -0.3 is 4.74 Å². The molecule has 0 aromatic heterocycles. The molecule has 0 saturated heterocycles. The van der Waals surface area contributed by atoms with E-state index in [9.17, 15) is 9.59 Å². The maximum absolute atomic E-state index is 10.9. The van der Waals surface area contributed by atoms with Crippen LogP contribution in [0, 0.1) is 0 Å². The van der Waals surface area contributed by atoms with Crippen LogP contribution in [0.1, 0.15) is 0 Å². The van der Waals surface area contributed by atoms with E-state index in [1.165, 1.54) is 19.3 Å². The van der Waals surface area contributed by atoms with Crippen molar-refractivity contribution in [3.05, 3.63) is 23.8 Å². The highest BCUT2D eigenvalue weighted by Crippen LogP contribution is 2.16. The summed E-state index contributed by atoms with van der Waals surface area (Å²) in [5.74, 6) is -1.33. The number of hydrogen-bond acceptors (Lipinski definition) is 4. The van der Waals surface area contributed by atoms with Crippen LogP contribution >= 0.6 is 0 Å². The standard InChI is InChI=1S/C8H7NO3/c1-3-5-6(4-9-2)8(11)12-7(5)10/h3-4H,1H2,2H3. The van der Waals surface area contributed by atoms with Crippen molar-refractivity contribution in [1.82, 2.24) is 0 Å². The Kier molecular flexibility index (Phi) is 2.19. The van der Waals surface area contributed by atoms with E-state index in [-0.39, 0.29) is 11.1 Å². The maximum Gasteiger partial charge on any atom is 0.348 e. The normalized spacial score (nSPS) is 17.4. The summed E-state index contributed by atoms with van der Waals surface area (Å²) in [5, 5.41) is 0. The summed E-state index contributed by atoms with van der Waals surface area (Å²) in [6.45, 7) is 3.39. The first-order chi connectivity index (χ1) is 5.70. The number of rotatable bonds is 2. The molecule has 0 aliphatic carbocycles. The summed E-state index contributed by atoms with van der Waals surface area (Å²) in [4.78, 5) is 25.4. The van der Waals surface area contributed by atoms with Crippen LogP contribution < -0.4 is 0 Å². The second kappa shape index (κ2) is 3.13. The molecule has 4 nitrogen and oxygen atoms in total. The lowest BCUT2D eigenvalue weighted by molar-refractivity contribution is -0.150. The molecule has 0 amide bonds. The molecular formula is C8H7NO3. The van der Waals surface area contributed by atoms with E-state index in [1.54, 1.807) is 0 Å². The van der Waals surface area contributed by atoms with Crippen molar-refractivity contribution >= 4 is 18.2 Å². The molecule has 0 aromatic carbocycles. The molecule has 4 heteroatoms. The maximum atomic E-state index is 10.9. The number of ether oxygens (including phenoxy) is 1. The topological polar surface area (TPSA) is 55.7 Å². The minimum atomic E-state index is -0.666. The van der Waals surface area contributed by atoms with Gasteiger partial charge in [-0.3, -0.25) is 4.99 Å². The minimum absolute atomic E-state index is 0.164. The molecule has 0 aromatic rings. The summed E-state index contributed by atoms with van der Waals surface area (Å²) < 4.78 is 4.32. The minimum Gasteiger partial charge on any atom is -0.386 e. The molecule has 1 heterocycles. The van der Waals surface area contributed by atoms with Crippen molar-refractivity contribution in [2.75, 3.05) is 7.05 Å². The van der Waals surface area contributed by atoms with E-state index in [2.05, 4.69) is 16.3 Å². The number of carbonyl (C=O) groups excluding carboxylic acids is 2. The third-order valence-corrected chi connectivity index (χ3v) is 1.38. The Morgan fingerprint density at radius 1 is 1.33 bits per heavy atom. The fourth-order valence-corrected chi connectivity index (χ4v) is 0.859. The molecule has 0 bridgehead atoms. The average molecular weight is 165 g/mol. The highest BCUT2D eigenvalue weighted by Gasteiger charge is 2.29. The molecule has 1 aliphatic rings. The second-order valence-corrected chi connectivity index (χ2v) is 2.10. The summed E-state index contributed by atoms with van der Waals surface area (Å²) >= 11 is 0. The molecule has 0 atom stereocenters. The zero-order valence-electron chi connectivity index (χ0n) is 6.53. The first kappa shape index (κ1) is 8.39. The smallest absolute Gasteiger partial charge is 0.348 e. The summed E-state index contributed by atoms with van der Waals surface area (Å²) in [6.07, 6.45) is 2.56. The molecule has 0 radical (unpaired) electrons. The quantitative estimate of drug-likeness (QED) is 0.335. The Morgan fingerprint density at radius 2 is 1.92 bits per heavy atom. The van der Waals surface area contributed by atoms with Gasteiger partial charge in [0.1, 0.15) is 0 Å². The number of carbonyl (C=O) groups is 2. The van der Waals surface area contributed by atoms with E-state index in [4.69, 9.17) is 0 Å². The van der Waals surface area contributed by atoms with E-state index in [0.29, 0.717) is 0 Å². The molecule has 1 aliphatic heterocycles. The van der Waals surface area contributed by atoms with Gasteiger partial charge in [0.25, 0.3) is 0 Å². The highest BCUT2D eigenvalue weighted by atomic mass is 16.6. The Morgan fingerprint density at radius 3 is 2.42 bits per heavy atom. The van der Waals surface area contributed by atoms with E-state index in [0.717, 1.165) is 0 Å². The van der Waals surface area contributed by atoms with E-state index < -0.39 is 11.9 Å². The third kappa shape index (κ3) is 1.18. The number of aliphatic imine (C=N–C) groups is 1. The Labute approximate surface area is 69.2 Å². The highest BCUT2D eigenvalue weighted by molar-refractivity contribution is 6.24. The van der Waals surface area contributed by atoms with Gasteiger partial charge in [-0.25, -0.2) is 9.59 Å². The first-order valence-corrected chi connectivity index (χ1v) is 3.26. The van der Waals surface area contributed by atoms with Gasteiger partial charge in [0.15, 0.2) is 0 Å². The molecule has 0 N–H and O–H groups in total. The Balaban J connectivity index is 3.18. The van der Waals surface area contributed by atoms with Gasteiger partial charge in [-0.1, -0.05) is 12.7 Å². The van der Waals surface area contributed by atoms with Crippen molar-refractivity contribution in [2.45, 2.75) is 0 Å². The number of esters is 2. The summed E-state index contributed by atoms with van der Waals surface area (Å²) in [5.41, 5.74) is 0.336. The molecule has 0 unspecified atom stereocenters. The lowest BCUT2D eigenvalue weighted by Gasteiger charge is -1.85. The van der Waals surface area contributed by atoms with Gasteiger partial charge in [-0.2, -0.15) is 0 Å². The number of nitrogens with zero attached hydrogens (tertiary/aromatic N) is 1. The lowest BCUT2D eigenvalue weighted by atomic mass is 10.1. The van der Waals surface area contributed by atoms with Crippen LogP contribution in [0.4, 0.5) is 0 Å². The van der Waals surface area contributed by atoms with Gasteiger partial charge >= 0.3 is 11.9 Å². The SMILES string of the molecule is C=CC1=C(C=NC)C(=O)OC1=O. The van der Waals surface area contributed by atoms with E-state index in [1.807, 2.05) is 0 Å². The van der Waals surface area contributed by atoms with Gasteiger partial charge in [0.05, 0.1) is 11.1 Å². The second-order valence-electron chi connectivity index (χ2n) is 2.10. The molecule has 0 saturated carbocycles. The van der Waals surface area contributed by atoms with Crippen molar-refractivity contribution in [1.29, 1.82) is 0 Å². The van der Waals surface area contributed by atoms with Crippen LogP contribution in [0.2, 0.25) is 0 Å². The molecular weight excluding hydrogens is 158 g/mol. The summed E-state index contributed by atoms with van der Waals surface area (Å²) in [6, 6.07) is 0. The Hall–Kier alpha value is -1.71. The molecule has 62 valence electrons. The molecule has 0 spiro atoms. The van der Waals surface area contributed by atoms with Crippen molar-refractivity contribution in [3.63, 3.8) is 0 Å². The van der Waals surface area contributed by atoms with Crippen molar-refractivity contribution < 1.29 is 14.3 Å². The zero-order valence-corrected chi connectivity index (χ0v) is 6.53. The van der Waals surface area contributed by atoms with Crippen LogP contribution in [0.3, 0.4) is 0 Å². The fraction of sp³-hybridized carbons (Fsp3) is 0.125. The fourth-order valence-electron chi connectivity index (χ4n) is 0.859. The van der Waals surface area contributed by atoms with Gasteiger partial charge in [0, 0.05) is 13.3 Å². The van der Waals surface area contributed by atoms with Gasteiger partial charge in [0.2, 0.25) is 0 Å². The monoisotopic (exact) mass is 165 g/mol. The third-order valence-electron chi connectivity index (χ3n) is 1.38. The lowest BCUT2D eigenvalue weighted by Crippen LogP contribution is -2.02. The zero-order chi connectivity index (χ0) is 9.14. The average Bonchev–Trinajstić information content (AvgIpc) is 2.28. The van der Waals surface area contributed by atoms with Gasteiger partial charge in [-0.15, -0.1) is 0 Å². The van der Waals surface area contributed by atoms with Crippen LogP contribution in [-0.4, -0.2) is 25.2 Å². The van der Waals surface area contributed by atoms with Gasteiger partial charge in [-0.05, 0) is 0 Å². The predicted octanol–water partition coefficient (Wildman–Crippen LogP) is 0.253. The van der Waals surface area contributed by atoms with Crippen molar-refractivity contribution in [2.24, 2.45) is 4.99 Å². The largest absolute Gasteiger partial charge is 0.386 e. The van der Waals surface area contributed by atoms with Crippen molar-refractivity contribution in [3.8, 4) is 0 Å². The predicted molar refractivity (Wildman–Crippen MR) is 42.7 cm³/mol. The van der Waals surface area contributed by atoms with Crippen LogP contribution in [-0.2, 0) is 14.3 Å². The molecule has 1 rings (SSSR count). The number of cyclic esters (lactones) is 2. The van der Waals surface area contributed by atoms with Crippen LogP contribution in [0.25, 0.3) is 0 Å².